The van der Waals surface area contributed by atoms with Crippen molar-refractivity contribution in [3.63, 3.8) is 0 Å². The van der Waals surface area contributed by atoms with E-state index in [1.165, 1.54) is 30.3 Å². The molecule has 0 saturated heterocycles. The van der Waals surface area contributed by atoms with Crippen LogP contribution in [0.5, 0.6) is 0 Å². The van der Waals surface area contributed by atoms with Crippen LogP contribution in [-0.2, 0) is 12.4 Å². The molecule has 2 aromatic rings. The van der Waals surface area contributed by atoms with Gasteiger partial charge >= 0.3 is 12.4 Å². The molecule has 0 aliphatic carbocycles. The van der Waals surface area contributed by atoms with E-state index in [-0.39, 0.29) is 11.3 Å². The third kappa shape index (κ3) is 4.48. The summed E-state index contributed by atoms with van der Waals surface area (Å²) in [5, 5.41) is 3.57. The van der Waals surface area contributed by atoms with Crippen LogP contribution in [0.2, 0.25) is 0 Å². The van der Waals surface area contributed by atoms with Crippen molar-refractivity contribution in [2.75, 3.05) is 5.43 Å². The summed E-state index contributed by atoms with van der Waals surface area (Å²) < 4.78 is 76.0. The molecule has 0 aliphatic heterocycles. The van der Waals surface area contributed by atoms with Gasteiger partial charge < -0.3 is 0 Å². The van der Waals surface area contributed by atoms with Gasteiger partial charge in [0.05, 0.1) is 23.0 Å². The third-order valence-electron chi connectivity index (χ3n) is 2.85. The highest BCUT2D eigenvalue weighted by molar-refractivity contribution is 5.82. The molecule has 0 aromatic heterocycles. The number of nitrogens with one attached hydrogen (secondary N) is 1. The largest absolute Gasteiger partial charge is 0.417 e. The van der Waals surface area contributed by atoms with Crippen LogP contribution in [0.1, 0.15) is 16.7 Å². The van der Waals surface area contributed by atoms with Crippen LogP contribution < -0.4 is 5.43 Å². The maximum atomic E-state index is 12.8. The molecule has 0 saturated carbocycles. The lowest BCUT2D eigenvalue weighted by molar-refractivity contribution is -0.138. The van der Waals surface area contributed by atoms with Crippen molar-refractivity contribution in [1.29, 1.82) is 0 Å². The van der Waals surface area contributed by atoms with Crippen LogP contribution in [0.25, 0.3) is 0 Å². The number of hydrogen-bond acceptors (Lipinski definition) is 2. The van der Waals surface area contributed by atoms with Gasteiger partial charge in [0.15, 0.2) is 0 Å². The summed E-state index contributed by atoms with van der Waals surface area (Å²) >= 11 is 0. The second-order valence-corrected chi connectivity index (χ2v) is 4.53. The maximum absolute atomic E-state index is 12.8. The quantitative estimate of drug-likeness (QED) is 0.468. The Kier molecular flexibility index (Phi) is 4.63. The second kappa shape index (κ2) is 6.31. The number of nitrogens with zero attached hydrogens (tertiary/aromatic N) is 1. The lowest BCUT2D eigenvalue weighted by Gasteiger charge is -2.10. The first kappa shape index (κ1) is 16.9. The fourth-order valence-corrected chi connectivity index (χ4v) is 1.81. The SMILES string of the molecule is FC(F)(F)c1cccc(NN=Cc2ccccc2C(F)(F)F)c1. The number of anilines is 1. The molecule has 0 radical (unpaired) electrons. The van der Waals surface area contributed by atoms with E-state index in [9.17, 15) is 26.3 Å². The Labute approximate surface area is 127 Å². The Bertz CT molecular complexity index is 704. The zero-order valence-electron chi connectivity index (χ0n) is 11.4. The number of hydrazone groups is 1. The average Bonchev–Trinajstić information content (AvgIpc) is 2.46. The maximum Gasteiger partial charge on any atom is 0.417 e. The topological polar surface area (TPSA) is 24.4 Å². The molecule has 23 heavy (non-hydrogen) atoms. The molecule has 0 unspecified atom stereocenters. The van der Waals surface area contributed by atoms with Crippen molar-refractivity contribution in [3.05, 3.63) is 65.2 Å². The fraction of sp³-hybridized carbons (Fsp3) is 0.133. The number of alkyl halides is 6. The lowest BCUT2D eigenvalue weighted by atomic mass is 10.1. The van der Waals surface area contributed by atoms with Crippen molar-refractivity contribution >= 4 is 11.9 Å². The van der Waals surface area contributed by atoms with Crippen LogP contribution in [0.4, 0.5) is 32.0 Å². The van der Waals surface area contributed by atoms with Crippen LogP contribution in [-0.4, -0.2) is 6.21 Å². The highest BCUT2D eigenvalue weighted by atomic mass is 19.4. The van der Waals surface area contributed by atoms with Gasteiger partial charge in [-0.3, -0.25) is 5.43 Å². The van der Waals surface area contributed by atoms with Crippen molar-refractivity contribution in [2.24, 2.45) is 5.10 Å². The van der Waals surface area contributed by atoms with Gasteiger partial charge in [-0.15, -0.1) is 0 Å². The summed E-state index contributed by atoms with van der Waals surface area (Å²) in [4.78, 5) is 0. The summed E-state index contributed by atoms with van der Waals surface area (Å²) in [6, 6.07) is 8.93. The van der Waals surface area contributed by atoms with E-state index in [2.05, 4.69) is 10.5 Å². The number of rotatable bonds is 3. The molecule has 0 fully saturated rings. The van der Waals surface area contributed by atoms with Gasteiger partial charge in [-0.05, 0) is 24.3 Å². The van der Waals surface area contributed by atoms with Crippen molar-refractivity contribution in [1.82, 2.24) is 0 Å². The van der Waals surface area contributed by atoms with Crippen LogP contribution >= 0.6 is 0 Å². The molecule has 0 bridgehead atoms. The molecule has 0 aliphatic rings. The normalized spacial score (nSPS) is 12.6. The molecule has 1 N–H and O–H groups in total. The lowest BCUT2D eigenvalue weighted by Crippen LogP contribution is -2.09. The first-order valence-electron chi connectivity index (χ1n) is 6.30. The summed E-state index contributed by atoms with van der Waals surface area (Å²) in [5.74, 6) is 0. The second-order valence-electron chi connectivity index (χ2n) is 4.53. The average molecular weight is 332 g/mol. The van der Waals surface area contributed by atoms with Gasteiger partial charge in [0.25, 0.3) is 0 Å². The Morgan fingerprint density at radius 3 is 2.17 bits per heavy atom. The van der Waals surface area contributed by atoms with Crippen molar-refractivity contribution in [3.8, 4) is 0 Å². The minimum Gasteiger partial charge on any atom is -0.278 e. The van der Waals surface area contributed by atoms with Gasteiger partial charge in [-0.2, -0.15) is 31.4 Å². The molecule has 2 aromatic carbocycles. The predicted octanol–water partition coefficient (Wildman–Crippen LogP) is 5.17. The Morgan fingerprint density at radius 2 is 1.52 bits per heavy atom. The van der Waals surface area contributed by atoms with E-state index in [0.717, 1.165) is 24.4 Å². The van der Waals surface area contributed by atoms with Gasteiger partial charge in [0, 0.05) is 5.56 Å². The van der Waals surface area contributed by atoms with E-state index in [1.807, 2.05) is 0 Å². The van der Waals surface area contributed by atoms with E-state index >= 15 is 0 Å². The molecule has 122 valence electrons. The molecule has 0 amide bonds. The molecule has 0 heterocycles. The summed E-state index contributed by atoms with van der Waals surface area (Å²) in [7, 11) is 0. The third-order valence-corrected chi connectivity index (χ3v) is 2.85. The Morgan fingerprint density at radius 1 is 0.826 bits per heavy atom. The molecular weight excluding hydrogens is 322 g/mol. The number of benzene rings is 2. The van der Waals surface area contributed by atoms with Crippen LogP contribution in [0, 0.1) is 0 Å². The number of halogens is 6. The minimum atomic E-state index is -4.54. The minimum absolute atomic E-state index is 0.0144. The smallest absolute Gasteiger partial charge is 0.278 e. The standard InChI is InChI=1S/C15H10F6N2/c16-14(17,18)11-5-3-6-12(8-11)23-22-9-10-4-1-2-7-13(10)15(19,20)21/h1-9,23H. The van der Waals surface area contributed by atoms with Gasteiger partial charge in [0.1, 0.15) is 0 Å². The summed E-state index contributed by atoms with van der Waals surface area (Å²) in [5.41, 5.74) is 0.345. The molecule has 2 nitrogen and oxygen atoms in total. The fourth-order valence-electron chi connectivity index (χ4n) is 1.81. The molecular formula is C15H10F6N2. The summed E-state index contributed by atoms with van der Waals surface area (Å²) in [6.07, 6.45) is -8.15. The first-order chi connectivity index (χ1) is 10.7. The Hall–Kier alpha value is -2.51. The molecule has 2 rings (SSSR count). The summed E-state index contributed by atoms with van der Waals surface area (Å²) in [6.45, 7) is 0. The highest BCUT2D eigenvalue weighted by Gasteiger charge is 2.32. The first-order valence-corrected chi connectivity index (χ1v) is 6.30. The van der Waals surface area contributed by atoms with Gasteiger partial charge in [-0.25, -0.2) is 0 Å². The van der Waals surface area contributed by atoms with Gasteiger partial charge in [-0.1, -0.05) is 24.3 Å². The van der Waals surface area contributed by atoms with Crippen molar-refractivity contribution < 1.29 is 26.3 Å². The van der Waals surface area contributed by atoms with Crippen LogP contribution in [0.15, 0.2) is 53.6 Å². The van der Waals surface area contributed by atoms with Crippen molar-refractivity contribution in [2.45, 2.75) is 12.4 Å². The van der Waals surface area contributed by atoms with E-state index in [0.29, 0.717) is 0 Å². The highest BCUT2D eigenvalue weighted by Crippen LogP contribution is 2.32. The van der Waals surface area contributed by atoms with E-state index in [4.69, 9.17) is 0 Å². The monoisotopic (exact) mass is 332 g/mol. The van der Waals surface area contributed by atoms with Gasteiger partial charge in [0.2, 0.25) is 0 Å². The molecule has 0 spiro atoms. The number of hydrogen-bond donors (Lipinski definition) is 1. The molecule has 8 heteroatoms. The van der Waals surface area contributed by atoms with E-state index < -0.39 is 23.5 Å². The zero-order chi connectivity index (χ0) is 17.1. The van der Waals surface area contributed by atoms with Crippen LogP contribution in [0.3, 0.4) is 0 Å². The zero-order valence-corrected chi connectivity index (χ0v) is 11.4. The molecule has 0 atom stereocenters. The predicted molar refractivity (Wildman–Crippen MR) is 74.1 cm³/mol. The Balaban J connectivity index is 2.18. The van der Waals surface area contributed by atoms with E-state index in [1.54, 1.807) is 0 Å².